The number of nitrogens with zero attached hydrogens (tertiary/aromatic N) is 3. The number of hydrogen-bond donors (Lipinski definition) is 4. The van der Waals surface area contributed by atoms with E-state index >= 15 is 0 Å². The molecule has 48 heavy (non-hydrogen) atoms. The third kappa shape index (κ3) is 9.49. The van der Waals surface area contributed by atoms with Gasteiger partial charge in [-0.05, 0) is 130 Å². The molecule has 11 nitrogen and oxygen atoms in total. The van der Waals surface area contributed by atoms with E-state index in [1.54, 1.807) is 12.1 Å². The zero-order valence-electron chi connectivity index (χ0n) is 28.1. The highest BCUT2D eigenvalue weighted by Gasteiger charge is 2.31. The molecule has 11 heteroatoms. The van der Waals surface area contributed by atoms with Crippen LogP contribution in [0.25, 0.3) is 22.5 Å². The molecule has 1 aromatic heterocycles. The fourth-order valence-corrected chi connectivity index (χ4v) is 6.29. The molecule has 2 amide bonds. The average Bonchev–Trinajstić information content (AvgIpc) is 3.59. The van der Waals surface area contributed by atoms with Gasteiger partial charge in [0.2, 0.25) is 11.7 Å². The predicted molar refractivity (Wildman–Crippen MR) is 186 cm³/mol. The van der Waals surface area contributed by atoms with Crippen LogP contribution in [0.3, 0.4) is 0 Å². The van der Waals surface area contributed by atoms with Crippen LogP contribution in [0, 0.1) is 24.7 Å². The van der Waals surface area contributed by atoms with Gasteiger partial charge in [0.1, 0.15) is 11.4 Å². The van der Waals surface area contributed by atoms with E-state index < -0.39 is 17.6 Å². The quantitative estimate of drug-likeness (QED) is 0.133. The van der Waals surface area contributed by atoms with Gasteiger partial charge in [-0.25, -0.2) is 4.79 Å². The highest BCUT2D eigenvalue weighted by molar-refractivity contribution is 5.96. The first-order valence-corrected chi connectivity index (χ1v) is 16.5. The number of ether oxygens (including phenoxy) is 1. The van der Waals surface area contributed by atoms with Gasteiger partial charge in [-0.15, -0.1) is 10.2 Å². The number of alkyl carbamates (subject to hydrolysis) is 1. The molecule has 252 valence electrons. The van der Waals surface area contributed by atoms with E-state index in [1.807, 2.05) is 76.2 Å². The van der Waals surface area contributed by atoms with Crippen LogP contribution in [0.2, 0.25) is 0 Å². The smallest absolute Gasteiger partial charge is 0.407 e. The number of amides is 2. The van der Waals surface area contributed by atoms with Gasteiger partial charge < -0.3 is 21.1 Å². The van der Waals surface area contributed by atoms with Gasteiger partial charge in [0, 0.05) is 41.7 Å². The molecule has 5 N–H and O–H groups in total. The van der Waals surface area contributed by atoms with Gasteiger partial charge in [0.25, 0.3) is 0 Å². The van der Waals surface area contributed by atoms with Crippen molar-refractivity contribution in [3.63, 3.8) is 0 Å². The largest absolute Gasteiger partial charge is 0.444 e. The Hall–Kier alpha value is -5.06. The summed E-state index contributed by atoms with van der Waals surface area (Å²) in [7, 11) is 0. The lowest BCUT2D eigenvalue weighted by atomic mass is 9.77. The summed E-state index contributed by atoms with van der Waals surface area (Å²) in [6, 6.07) is 21.2. The molecule has 4 aromatic rings. The molecule has 0 aliphatic heterocycles. The van der Waals surface area contributed by atoms with Crippen molar-refractivity contribution in [2.24, 2.45) is 17.8 Å². The minimum absolute atomic E-state index is 0.103. The molecule has 0 spiro atoms. The van der Waals surface area contributed by atoms with Crippen LogP contribution >= 0.6 is 0 Å². The minimum Gasteiger partial charge on any atom is -0.444 e. The first-order valence-electron chi connectivity index (χ1n) is 16.5. The predicted octanol–water partition coefficient (Wildman–Crippen LogP) is 6.51. The summed E-state index contributed by atoms with van der Waals surface area (Å²) in [5.74, 6) is -0.0371. The Labute approximate surface area is 281 Å². The number of carbonyl (C=O) groups excluding carboxylic acids is 3. The summed E-state index contributed by atoms with van der Waals surface area (Å²) in [4.78, 5) is 39.7. The van der Waals surface area contributed by atoms with Gasteiger partial charge in [0.15, 0.2) is 0 Å². The van der Waals surface area contributed by atoms with Crippen LogP contribution < -0.4 is 16.4 Å². The molecule has 0 saturated heterocycles. The van der Waals surface area contributed by atoms with Crippen molar-refractivity contribution in [2.45, 2.75) is 71.8 Å². The highest BCUT2D eigenvalue weighted by Crippen LogP contribution is 2.32. The number of hydrogen-bond acceptors (Lipinski definition) is 8. The van der Waals surface area contributed by atoms with Gasteiger partial charge in [0.05, 0.1) is 0 Å². The molecule has 1 atom stereocenters. The van der Waals surface area contributed by atoms with Crippen LogP contribution in [0.4, 0.5) is 16.2 Å². The summed E-state index contributed by atoms with van der Waals surface area (Å²) in [6.07, 6.45) is 3.26. The van der Waals surface area contributed by atoms with Crippen molar-refractivity contribution in [1.29, 1.82) is 0 Å². The summed E-state index contributed by atoms with van der Waals surface area (Å²) in [6.45, 7) is 8.06. The molecule has 1 aliphatic rings. The van der Waals surface area contributed by atoms with Crippen LogP contribution in [0.1, 0.15) is 64.0 Å². The van der Waals surface area contributed by atoms with Crippen molar-refractivity contribution in [2.75, 3.05) is 17.6 Å². The second-order valence-corrected chi connectivity index (χ2v) is 13.7. The fourth-order valence-electron chi connectivity index (χ4n) is 6.29. The molecule has 1 saturated carbocycles. The number of ketones is 1. The number of nitrogens with two attached hydrogens (primary N) is 1. The van der Waals surface area contributed by atoms with Crippen LogP contribution in [0.5, 0.6) is 0 Å². The maximum absolute atomic E-state index is 13.8. The third-order valence-corrected chi connectivity index (χ3v) is 8.78. The molecule has 3 aromatic carbocycles. The van der Waals surface area contributed by atoms with Crippen molar-refractivity contribution < 1.29 is 19.1 Å². The molecule has 1 fully saturated rings. The zero-order valence-corrected chi connectivity index (χ0v) is 28.1. The Morgan fingerprint density at radius 2 is 1.73 bits per heavy atom. The second-order valence-electron chi connectivity index (χ2n) is 13.7. The molecule has 1 heterocycles. The number of nitrogen functional groups attached to an aromatic ring is 1. The molecule has 0 unspecified atom stereocenters. The Bertz CT molecular complexity index is 1710. The molecule has 0 bridgehead atoms. The van der Waals surface area contributed by atoms with Crippen LogP contribution in [-0.2, 0) is 20.7 Å². The number of tetrazole rings is 1. The maximum Gasteiger partial charge on any atom is 0.407 e. The first-order chi connectivity index (χ1) is 22.9. The van der Waals surface area contributed by atoms with E-state index in [1.165, 1.54) is 0 Å². The van der Waals surface area contributed by atoms with Gasteiger partial charge >= 0.3 is 6.09 Å². The minimum atomic E-state index is -0.566. The molecular weight excluding hydrogens is 606 g/mol. The number of H-pyrrole nitrogens is 1. The summed E-state index contributed by atoms with van der Waals surface area (Å²) < 4.78 is 5.35. The normalized spacial score (nSPS) is 16.9. The van der Waals surface area contributed by atoms with Gasteiger partial charge in [-0.3, -0.25) is 9.59 Å². The summed E-state index contributed by atoms with van der Waals surface area (Å²) >= 11 is 0. The SMILES string of the molecule is Cc1cc(N)ccc1-c1cccc(C[C@H](CC(=O)C2CCC(CNC(=O)OC(C)(C)C)CC2)C(=O)Nc2ccc(-c3nn[nH]n3)cc2)c1. The average molecular weight is 652 g/mol. The lowest BCUT2D eigenvalue weighted by Crippen LogP contribution is -2.37. The van der Waals surface area contributed by atoms with Gasteiger partial charge in [-0.2, -0.15) is 5.21 Å². The fraction of sp³-hybridized carbons (Fsp3) is 0.405. The summed E-state index contributed by atoms with van der Waals surface area (Å²) in [5, 5.41) is 19.9. The van der Waals surface area contributed by atoms with E-state index in [9.17, 15) is 14.4 Å². The second kappa shape index (κ2) is 15.2. The number of Topliss-reactive ketones (excluding diaryl/α,β-unsaturated/α-hetero) is 1. The van der Waals surface area contributed by atoms with E-state index in [-0.39, 0.29) is 29.9 Å². The van der Waals surface area contributed by atoms with E-state index in [0.29, 0.717) is 30.2 Å². The molecule has 1 aliphatic carbocycles. The number of aromatic amines is 1. The van der Waals surface area contributed by atoms with E-state index in [0.717, 1.165) is 53.5 Å². The number of nitrogens with one attached hydrogen (secondary N) is 3. The Kier molecular flexibility index (Phi) is 10.9. The van der Waals surface area contributed by atoms with Crippen molar-refractivity contribution >= 4 is 29.2 Å². The Morgan fingerprint density at radius 3 is 2.40 bits per heavy atom. The third-order valence-electron chi connectivity index (χ3n) is 8.78. The Balaban J connectivity index is 1.26. The summed E-state index contributed by atoms with van der Waals surface area (Å²) in [5.41, 5.74) is 11.7. The number of aryl methyl sites for hydroxylation is 1. The number of anilines is 2. The first kappa shape index (κ1) is 34.3. The van der Waals surface area contributed by atoms with Crippen molar-refractivity contribution in [1.82, 2.24) is 25.9 Å². The lowest BCUT2D eigenvalue weighted by molar-refractivity contribution is -0.129. The molecule has 0 radical (unpaired) electrons. The van der Waals surface area contributed by atoms with Crippen molar-refractivity contribution in [3.8, 4) is 22.5 Å². The van der Waals surface area contributed by atoms with E-state index in [2.05, 4.69) is 37.3 Å². The monoisotopic (exact) mass is 651 g/mol. The lowest BCUT2D eigenvalue weighted by Gasteiger charge is -2.29. The Morgan fingerprint density at radius 1 is 0.979 bits per heavy atom. The number of carbonyl (C=O) groups is 3. The molecular formula is C37H45N7O4. The zero-order chi connectivity index (χ0) is 34.3. The van der Waals surface area contributed by atoms with E-state index in [4.69, 9.17) is 10.5 Å². The molecule has 5 rings (SSSR count). The maximum atomic E-state index is 13.8. The van der Waals surface area contributed by atoms with Crippen molar-refractivity contribution in [3.05, 3.63) is 77.9 Å². The standard InChI is InChI=1S/C37H45N7O4/c1-23-18-30(38)14-17-32(23)28-7-5-6-25(19-28)20-29(35(46)40-31-15-12-27(13-16-31)34-41-43-44-42-34)21-33(45)26-10-8-24(9-11-26)22-39-36(47)48-37(2,3)4/h5-7,12-19,24,26,29H,8-11,20-22,38H2,1-4H3,(H,39,47)(H,40,46)(H,41,42,43,44)/t24?,26?,29-/m1/s1. The van der Waals surface area contributed by atoms with Crippen LogP contribution in [0.15, 0.2) is 66.7 Å². The number of benzene rings is 3. The topological polar surface area (TPSA) is 165 Å². The van der Waals surface area contributed by atoms with Crippen LogP contribution in [-0.4, -0.2) is 50.6 Å². The van der Waals surface area contributed by atoms with Gasteiger partial charge in [-0.1, -0.05) is 30.3 Å². The highest BCUT2D eigenvalue weighted by atomic mass is 16.6. The number of aromatic nitrogens is 4. The number of rotatable bonds is 11.